The number of fused-ring (bicyclic) bond motifs is 1. The fourth-order valence-electron chi connectivity index (χ4n) is 4.31. The number of nitrogen functional groups attached to an aromatic ring is 1. The van der Waals surface area contributed by atoms with Crippen LogP contribution in [0.3, 0.4) is 0 Å². The second-order valence-electron chi connectivity index (χ2n) is 8.87. The van der Waals surface area contributed by atoms with Crippen LogP contribution in [0.1, 0.15) is 24.5 Å². The molecule has 200 valence electrons. The molecular formula is C31H31N3O5. The van der Waals surface area contributed by atoms with Crippen molar-refractivity contribution < 1.29 is 24.2 Å². The third kappa shape index (κ3) is 7.15. The molecule has 0 heterocycles. The lowest BCUT2D eigenvalue weighted by Crippen LogP contribution is -2.28. The van der Waals surface area contributed by atoms with Gasteiger partial charge < -0.3 is 25.6 Å². The van der Waals surface area contributed by atoms with Crippen molar-refractivity contribution in [2.75, 3.05) is 23.5 Å². The number of allylic oxidation sites excluding steroid dienone is 1. The van der Waals surface area contributed by atoms with Gasteiger partial charge in [-0.05, 0) is 54.6 Å². The van der Waals surface area contributed by atoms with Gasteiger partial charge in [-0.25, -0.2) is 4.79 Å². The molecule has 2 atom stereocenters. The number of benzene rings is 4. The Bertz CT molecular complexity index is 1460. The van der Waals surface area contributed by atoms with Gasteiger partial charge in [0.2, 0.25) is 5.91 Å². The first kappa shape index (κ1) is 27.2. The van der Waals surface area contributed by atoms with Gasteiger partial charge in [0.25, 0.3) is 0 Å². The highest BCUT2D eigenvalue weighted by Crippen LogP contribution is 2.36. The van der Waals surface area contributed by atoms with Gasteiger partial charge in [0.05, 0.1) is 17.5 Å². The number of hydrogen-bond donors (Lipinski definition) is 4. The molecule has 0 radical (unpaired) electrons. The third-order valence-corrected chi connectivity index (χ3v) is 6.24. The first-order chi connectivity index (χ1) is 19.0. The van der Waals surface area contributed by atoms with Crippen LogP contribution in [0.2, 0.25) is 0 Å². The fourth-order valence-corrected chi connectivity index (χ4v) is 4.31. The Morgan fingerprint density at radius 1 is 0.897 bits per heavy atom. The summed E-state index contributed by atoms with van der Waals surface area (Å²) in [7, 11) is 1.55. The van der Waals surface area contributed by atoms with Gasteiger partial charge >= 0.3 is 6.09 Å². The summed E-state index contributed by atoms with van der Waals surface area (Å²) in [5.74, 6) is -0.176. The maximum Gasteiger partial charge on any atom is 0.412 e. The number of amides is 2. The van der Waals surface area contributed by atoms with Crippen molar-refractivity contribution in [2.45, 2.75) is 25.0 Å². The van der Waals surface area contributed by atoms with Crippen molar-refractivity contribution in [1.82, 2.24) is 0 Å². The summed E-state index contributed by atoms with van der Waals surface area (Å²) >= 11 is 0. The normalized spacial score (nSPS) is 12.6. The summed E-state index contributed by atoms with van der Waals surface area (Å²) < 4.78 is 11.7. The largest absolute Gasteiger partial charge is 0.507 e. The molecule has 8 nitrogen and oxygen atoms in total. The zero-order valence-electron chi connectivity index (χ0n) is 21.5. The van der Waals surface area contributed by atoms with E-state index in [1.165, 1.54) is 6.08 Å². The summed E-state index contributed by atoms with van der Waals surface area (Å²) in [5, 5.41) is 17.3. The van der Waals surface area contributed by atoms with Crippen LogP contribution in [0, 0.1) is 0 Å². The topological polar surface area (TPSA) is 123 Å². The fraction of sp³-hybridized carbons (Fsp3) is 0.161. The van der Waals surface area contributed by atoms with Gasteiger partial charge in [0.1, 0.15) is 5.75 Å². The highest BCUT2D eigenvalue weighted by molar-refractivity contribution is 6.01. The Morgan fingerprint density at radius 2 is 1.59 bits per heavy atom. The molecule has 4 aromatic rings. The van der Waals surface area contributed by atoms with E-state index < -0.39 is 18.3 Å². The second-order valence-corrected chi connectivity index (χ2v) is 8.87. The molecule has 8 heteroatoms. The number of para-hydroxylation sites is 3. The summed E-state index contributed by atoms with van der Waals surface area (Å²) in [4.78, 5) is 25.3. The van der Waals surface area contributed by atoms with Gasteiger partial charge in [-0.2, -0.15) is 0 Å². The number of ether oxygens (including phenoxy) is 2. The molecule has 0 saturated heterocycles. The number of phenols is 1. The lowest BCUT2D eigenvalue weighted by Gasteiger charge is -2.27. The van der Waals surface area contributed by atoms with Gasteiger partial charge in [-0.15, -0.1) is 0 Å². The zero-order chi connectivity index (χ0) is 27.6. The molecular weight excluding hydrogens is 494 g/mol. The predicted octanol–water partition coefficient (Wildman–Crippen LogP) is 6.41. The highest BCUT2D eigenvalue weighted by Gasteiger charge is 2.29. The lowest BCUT2D eigenvalue weighted by atomic mass is 9.94. The van der Waals surface area contributed by atoms with Crippen LogP contribution in [0.5, 0.6) is 5.75 Å². The Kier molecular flexibility index (Phi) is 9.16. The second kappa shape index (κ2) is 13.1. The zero-order valence-corrected chi connectivity index (χ0v) is 21.5. The van der Waals surface area contributed by atoms with Crippen LogP contribution in [0.4, 0.5) is 21.9 Å². The van der Waals surface area contributed by atoms with Gasteiger partial charge in [0, 0.05) is 23.7 Å². The van der Waals surface area contributed by atoms with Crippen LogP contribution in [-0.2, 0) is 14.3 Å². The van der Waals surface area contributed by atoms with E-state index in [2.05, 4.69) is 10.6 Å². The van der Waals surface area contributed by atoms with Crippen molar-refractivity contribution >= 4 is 39.8 Å². The van der Waals surface area contributed by atoms with E-state index in [9.17, 15) is 14.7 Å². The molecule has 0 unspecified atom stereocenters. The summed E-state index contributed by atoms with van der Waals surface area (Å²) in [6, 6.07) is 26.7. The summed E-state index contributed by atoms with van der Waals surface area (Å²) in [6.07, 6.45) is 2.12. The van der Waals surface area contributed by atoms with Crippen molar-refractivity contribution in [3.63, 3.8) is 0 Å². The Hall–Kier alpha value is -4.82. The SMILES string of the molecule is CO[C@@H](CC/C=C/C(=O)Nc1ccccc1N)[C@@H](OC(=O)Nc1ccccc1)c1ccc(O)c2ccccc12. The molecule has 0 aromatic heterocycles. The molecule has 39 heavy (non-hydrogen) atoms. The first-order valence-electron chi connectivity index (χ1n) is 12.5. The number of methoxy groups -OCH3 is 1. The van der Waals surface area contributed by atoms with Crippen LogP contribution in [0.15, 0.2) is 103 Å². The Balaban J connectivity index is 1.52. The minimum Gasteiger partial charge on any atom is -0.507 e. The maximum absolute atomic E-state index is 12.9. The number of rotatable bonds is 10. The summed E-state index contributed by atoms with van der Waals surface area (Å²) in [5.41, 5.74) is 8.20. The standard InChI is InChI=1S/C31H31N3O5/c1-38-28(17-9-10-18-29(36)34-26-16-8-7-15-25(26)32)30(39-31(37)33-21-11-3-2-4-12-21)24-19-20-27(35)23-14-6-5-13-22(23)24/h2-8,10-16,18-20,28,30,35H,9,17,32H2,1H3,(H,33,37)(H,34,36)/b18-10+/t28-,30-/m0/s1. The molecule has 5 N–H and O–H groups in total. The number of nitrogens with two attached hydrogens (primary N) is 1. The maximum atomic E-state index is 12.9. The number of anilines is 3. The molecule has 0 fully saturated rings. The molecule has 4 aromatic carbocycles. The number of nitrogens with one attached hydrogen (secondary N) is 2. The molecule has 0 aliphatic rings. The molecule has 4 rings (SSSR count). The van der Waals surface area contributed by atoms with E-state index in [0.29, 0.717) is 40.9 Å². The van der Waals surface area contributed by atoms with E-state index in [1.807, 2.05) is 36.4 Å². The van der Waals surface area contributed by atoms with Crippen molar-refractivity contribution in [3.05, 3.63) is 109 Å². The number of aromatic hydroxyl groups is 1. The monoisotopic (exact) mass is 525 g/mol. The molecule has 2 amide bonds. The number of carbonyl (C=O) groups is 2. The lowest BCUT2D eigenvalue weighted by molar-refractivity contribution is -0.111. The van der Waals surface area contributed by atoms with E-state index >= 15 is 0 Å². The minimum atomic E-state index is -0.796. The average molecular weight is 526 g/mol. The Morgan fingerprint density at radius 3 is 2.33 bits per heavy atom. The quantitative estimate of drug-likeness (QED) is 0.140. The molecule has 0 bridgehead atoms. The van der Waals surface area contributed by atoms with Crippen LogP contribution in [0.25, 0.3) is 10.8 Å². The predicted molar refractivity (Wildman–Crippen MR) is 154 cm³/mol. The molecule has 0 aliphatic carbocycles. The van der Waals surface area contributed by atoms with Crippen molar-refractivity contribution in [3.8, 4) is 5.75 Å². The molecule has 0 aliphatic heterocycles. The van der Waals surface area contributed by atoms with E-state index in [-0.39, 0.29) is 11.7 Å². The third-order valence-electron chi connectivity index (χ3n) is 6.24. The number of carbonyl (C=O) groups excluding carboxylic acids is 2. The number of hydrogen-bond acceptors (Lipinski definition) is 6. The Labute approximate surface area is 227 Å². The average Bonchev–Trinajstić information content (AvgIpc) is 2.94. The highest BCUT2D eigenvalue weighted by atomic mass is 16.6. The van der Waals surface area contributed by atoms with Crippen LogP contribution >= 0.6 is 0 Å². The van der Waals surface area contributed by atoms with E-state index in [1.54, 1.807) is 67.8 Å². The van der Waals surface area contributed by atoms with Gasteiger partial charge in [-0.1, -0.05) is 66.7 Å². The van der Waals surface area contributed by atoms with Crippen molar-refractivity contribution in [2.24, 2.45) is 0 Å². The van der Waals surface area contributed by atoms with E-state index in [4.69, 9.17) is 15.2 Å². The first-order valence-corrected chi connectivity index (χ1v) is 12.5. The van der Waals surface area contributed by atoms with Gasteiger partial charge in [0.15, 0.2) is 6.10 Å². The molecule has 0 spiro atoms. The smallest absolute Gasteiger partial charge is 0.412 e. The van der Waals surface area contributed by atoms with Crippen LogP contribution in [-0.4, -0.2) is 30.3 Å². The minimum absolute atomic E-state index is 0.129. The summed E-state index contributed by atoms with van der Waals surface area (Å²) in [6.45, 7) is 0. The van der Waals surface area contributed by atoms with E-state index in [0.717, 1.165) is 5.39 Å². The van der Waals surface area contributed by atoms with Crippen LogP contribution < -0.4 is 16.4 Å². The van der Waals surface area contributed by atoms with Gasteiger partial charge in [-0.3, -0.25) is 10.1 Å². The molecule has 0 saturated carbocycles. The number of phenolic OH excluding ortho intramolecular Hbond substituents is 1. The van der Waals surface area contributed by atoms with Crippen molar-refractivity contribution in [1.29, 1.82) is 0 Å².